The molecule has 1 aromatic heterocycles. The highest BCUT2D eigenvalue weighted by molar-refractivity contribution is 6.35. The Bertz CT molecular complexity index is 738. The maximum atomic E-state index is 13.8. The number of nitrogens with zero attached hydrogens (tertiary/aromatic N) is 1. The average Bonchev–Trinajstić information content (AvgIpc) is 2.47. The third kappa shape index (κ3) is 2.64. The van der Waals surface area contributed by atoms with Crippen LogP contribution in [0.3, 0.4) is 0 Å². The molecule has 0 aliphatic rings. The van der Waals surface area contributed by atoms with E-state index in [4.69, 9.17) is 17.3 Å². The Morgan fingerprint density at radius 2 is 1.95 bits per heavy atom. The Balaban J connectivity index is 2.68. The Morgan fingerprint density at radius 1 is 1.29 bits per heavy atom. The number of hydrogen-bond acceptors (Lipinski definition) is 4. The van der Waals surface area contributed by atoms with Crippen LogP contribution in [0.25, 0.3) is 11.3 Å². The monoisotopic (exact) mass is 316 g/mol. The lowest BCUT2D eigenvalue weighted by Crippen LogP contribution is -2.08. The third-order valence-corrected chi connectivity index (χ3v) is 3.07. The highest BCUT2D eigenvalue weighted by atomic mass is 35.5. The summed E-state index contributed by atoms with van der Waals surface area (Å²) in [6.45, 7) is 0. The van der Waals surface area contributed by atoms with E-state index in [0.29, 0.717) is 0 Å². The van der Waals surface area contributed by atoms with Crippen molar-refractivity contribution in [1.82, 2.24) is 4.98 Å². The molecule has 2 aromatic rings. The number of halogens is 4. The van der Waals surface area contributed by atoms with E-state index in [1.54, 1.807) is 0 Å². The molecule has 2 rings (SSSR count). The first-order valence-electron chi connectivity index (χ1n) is 5.55. The molecule has 0 radical (unpaired) electrons. The van der Waals surface area contributed by atoms with Gasteiger partial charge in [-0.25, -0.2) is 22.9 Å². The van der Waals surface area contributed by atoms with Gasteiger partial charge in [0, 0.05) is 5.56 Å². The highest BCUT2D eigenvalue weighted by Gasteiger charge is 2.21. The molecule has 0 fully saturated rings. The van der Waals surface area contributed by atoms with Crippen LogP contribution in [0.2, 0.25) is 5.02 Å². The number of anilines is 1. The molecule has 0 aliphatic heterocycles. The minimum Gasteiger partial charge on any atom is -0.464 e. The van der Waals surface area contributed by atoms with Gasteiger partial charge in [-0.3, -0.25) is 0 Å². The fraction of sp³-hybridized carbons (Fsp3) is 0.0769. The summed E-state index contributed by atoms with van der Waals surface area (Å²) in [4.78, 5) is 15.3. The normalized spacial score (nSPS) is 10.5. The second kappa shape index (κ2) is 5.61. The molecule has 0 amide bonds. The number of pyridine rings is 1. The van der Waals surface area contributed by atoms with Gasteiger partial charge in [0.05, 0.1) is 23.5 Å². The van der Waals surface area contributed by atoms with E-state index >= 15 is 0 Å². The molecule has 110 valence electrons. The molecule has 0 saturated heterocycles. The van der Waals surface area contributed by atoms with Crippen LogP contribution in [-0.2, 0) is 4.74 Å². The molecule has 4 nitrogen and oxygen atoms in total. The molecule has 2 N–H and O–H groups in total. The van der Waals surface area contributed by atoms with Gasteiger partial charge in [0.25, 0.3) is 0 Å². The van der Waals surface area contributed by atoms with Crippen molar-refractivity contribution in [2.45, 2.75) is 0 Å². The molecule has 0 spiro atoms. The third-order valence-electron chi connectivity index (χ3n) is 2.68. The second-order valence-corrected chi connectivity index (χ2v) is 4.35. The van der Waals surface area contributed by atoms with Crippen molar-refractivity contribution >= 4 is 23.3 Å². The van der Waals surface area contributed by atoms with Crippen LogP contribution in [-0.4, -0.2) is 18.1 Å². The van der Waals surface area contributed by atoms with Gasteiger partial charge in [-0.2, -0.15) is 0 Å². The molecule has 0 atom stereocenters. The van der Waals surface area contributed by atoms with Gasteiger partial charge in [0.15, 0.2) is 23.1 Å². The quantitative estimate of drug-likeness (QED) is 0.682. The number of esters is 1. The number of ether oxygens (including phenoxy) is 1. The molecule has 0 saturated carbocycles. The van der Waals surface area contributed by atoms with Gasteiger partial charge in [-0.1, -0.05) is 11.6 Å². The van der Waals surface area contributed by atoms with Crippen molar-refractivity contribution in [2.24, 2.45) is 0 Å². The van der Waals surface area contributed by atoms with E-state index in [0.717, 1.165) is 25.3 Å². The SMILES string of the molecule is COC(=O)c1nc(-c2ccc(F)c(F)c2F)cc(N)c1Cl. The Morgan fingerprint density at radius 3 is 2.57 bits per heavy atom. The first-order chi connectivity index (χ1) is 9.86. The molecule has 0 aliphatic carbocycles. The van der Waals surface area contributed by atoms with Gasteiger partial charge in [-0.05, 0) is 18.2 Å². The summed E-state index contributed by atoms with van der Waals surface area (Å²) in [5.74, 6) is -5.33. The number of carbonyl (C=O) groups is 1. The van der Waals surface area contributed by atoms with Crippen LogP contribution in [0.4, 0.5) is 18.9 Å². The topological polar surface area (TPSA) is 65.2 Å². The molecule has 0 unspecified atom stereocenters. The minimum atomic E-state index is -1.65. The van der Waals surface area contributed by atoms with E-state index in [1.807, 2.05) is 0 Å². The Labute approximate surface area is 122 Å². The fourth-order valence-electron chi connectivity index (χ4n) is 1.64. The number of rotatable bonds is 2. The van der Waals surface area contributed by atoms with Gasteiger partial charge >= 0.3 is 5.97 Å². The number of hydrogen-bond donors (Lipinski definition) is 1. The fourth-order valence-corrected chi connectivity index (χ4v) is 1.82. The van der Waals surface area contributed by atoms with Crippen LogP contribution in [0.15, 0.2) is 18.2 Å². The van der Waals surface area contributed by atoms with E-state index in [2.05, 4.69) is 9.72 Å². The van der Waals surface area contributed by atoms with Crippen molar-refractivity contribution in [3.05, 3.63) is 46.4 Å². The second-order valence-electron chi connectivity index (χ2n) is 3.97. The van der Waals surface area contributed by atoms with E-state index in [9.17, 15) is 18.0 Å². The summed E-state index contributed by atoms with van der Waals surface area (Å²) < 4.78 is 44.4. The molecule has 1 heterocycles. The number of nitrogens with two attached hydrogens (primary N) is 1. The number of aromatic nitrogens is 1. The summed E-state index contributed by atoms with van der Waals surface area (Å²) >= 11 is 5.81. The zero-order valence-electron chi connectivity index (χ0n) is 10.6. The van der Waals surface area contributed by atoms with Crippen molar-refractivity contribution in [2.75, 3.05) is 12.8 Å². The molecule has 0 bridgehead atoms. The average molecular weight is 317 g/mol. The van der Waals surface area contributed by atoms with Crippen LogP contribution in [0.5, 0.6) is 0 Å². The largest absolute Gasteiger partial charge is 0.464 e. The van der Waals surface area contributed by atoms with Gasteiger partial charge in [0.2, 0.25) is 0 Å². The van der Waals surface area contributed by atoms with Crippen LogP contribution in [0.1, 0.15) is 10.5 Å². The maximum absolute atomic E-state index is 13.8. The number of nitrogen functional groups attached to an aromatic ring is 1. The Kier molecular flexibility index (Phi) is 4.04. The minimum absolute atomic E-state index is 0.0776. The molecular weight excluding hydrogens is 309 g/mol. The summed E-state index contributed by atoms with van der Waals surface area (Å²) in [5.41, 5.74) is 4.64. The lowest BCUT2D eigenvalue weighted by atomic mass is 10.1. The number of methoxy groups -OCH3 is 1. The lowest BCUT2D eigenvalue weighted by Gasteiger charge is -2.09. The summed E-state index contributed by atoms with van der Waals surface area (Å²) in [5, 5.41) is -0.173. The van der Waals surface area contributed by atoms with Crippen LogP contribution < -0.4 is 5.73 Å². The van der Waals surface area contributed by atoms with Crippen molar-refractivity contribution in [1.29, 1.82) is 0 Å². The van der Waals surface area contributed by atoms with Crippen molar-refractivity contribution in [3.63, 3.8) is 0 Å². The first-order valence-corrected chi connectivity index (χ1v) is 5.92. The molecule has 21 heavy (non-hydrogen) atoms. The van der Waals surface area contributed by atoms with Crippen molar-refractivity contribution < 1.29 is 22.7 Å². The summed E-state index contributed by atoms with van der Waals surface area (Å²) in [6.07, 6.45) is 0. The molecule has 8 heteroatoms. The zero-order valence-corrected chi connectivity index (χ0v) is 11.3. The van der Waals surface area contributed by atoms with Crippen LogP contribution >= 0.6 is 11.6 Å². The number of carbonyl (C=O) groups excluding carboxylic acids is 1. The Hall–Kier alpha value is -2.28. The smallest absolute Gasteiger partial charge is 0.358 e. The maximum Gasteiger partial charge on any atom is 0.358 e. The van der Waals surface area contributed by atoms with Gasteiger partial charge in [0.1, 0.15) is 0 Å². The van der Waals surface area contributed by atoms with Gasteiger partial charge < -0.3 is 10.5 Å². The van der Waals surface area contributed by atoms with Gasteiger partial charge in [-0.15, -0.1) is 0 Å². The van der Waals surface area contributed by atoms with E-state index < -0.39 is 23.4 Å². The predicted molar refractivity (Wildman–Crippen MR) is 70.3 cm³/mol. The summed E-state index contributed by atoms with van der Waals surface area (Å²) in [6, 6.07) is 2.85. The summed E-state index contributed by atoms with van der Waals surface area (Å²) in [7, 11) is 1.10. The van der Waals surface area contributed by atoms with Crippen LogP contribution in [0, 0.1) is 17.5 Å². The molecular formula is C13H8ClF3N2O2. The van der Waals surface area contributed by atoms with E-state index in [1.165, 1.54) is 0 Å². The zero-order chi connectivity index (χ0) is 15.7. The van der Waals surface area contributed by atoms with Crippen molar-refractivity contribution in [3.8, 4) is 11.3 Å². The lowest BCUT2D eigenvalue weighted by molar-refractivity contribution is 0.0594. The van der Waals surface area contributed by atoms with E-state index in [-0.39, 0.29) is 27.7 Å². The standard InChI is InChI=1S/C13H8ClF3N2O2/c1-21-13(20)12-9(14)7(18)4-8(19-12)5-2-3-6(15)11(17)10(5)16/h2-4H,1H3,(H2,18,19). The highest BCUT2D eigenvalue weighted by Crippen LogP contribution is 2.30. The molecule has 1 aromatic carbocycles. The number of benzene rings is 1. The predicted octanol–water partition coefficient (Wildman–Crippen LogP) is 3.19. The first kappa shape index (κ1) is 15.1.